The third kappa shape index (κ3) is 5.27. The predicted octanol–water partition coefficient (Wildman–Crippen LogP) is 2.86. The van der Waals surface area contributed by atoms with Crippen molar-refractivity contribution in [2.45, 2.75) is 13.0 Å². The zero-order valence-corrected chi connectivity index (χ0v) is 14.7. The van der Waals surface area contributed by atoms with Crippen molar-refractivity contribution in [2.75, 3.05) is 19.6 Å². The summed E-state index contributed by atoms with van der Waals surface area (Å²) < 4.78 is 0. The molecule has 2 heterocycles. The average Bonchev–Trinajstić information content (AvgIpc) is 3.15. The van der Waals surface area contributed by atoms with Crippen LogP contribution in [0.5, 0.6) is 0 Å². The van der Waals surface area contributed by atoms with E-state index in [4.69, 9.17) is 0 Å². The van der Waals surface area contributed by atoms with Gasteiger partial charge in [0.15, 0.2) is 0 Å². The Bertz CT molecular complexity index is 741. The van der Waals surface area contributed by atoms with Crippen LogP contribution in [-0.4, -0.2) is 36.5 Å². The van der Waals surface area contributed by atoms with Gasteiger partial charge < -0.3 is 5.32 Å². The van der Waals surface area contributed by atoms with Gasteiger partial charge in [-0.2, -0.15) is 0 Å². The lowest BCUT2D eigenvalue weighted by atomic mass is 10.00. The van der Waals surface area contributed by atoms with E-state index in [0.29, 0.717) is 13.1 Å². The zero-order chi connectivity index (χ0) is 17.5. The first-order valence-electron chi connectivity index (χ1n) is 8.27. The van der Waals surface area contributed by atoms with Crippen LogP contribution in [0.4, 0.5) is 4.79 Å². The Morgan fingerprint density at radius 3 is 2.64 bits per heavy atom. The van der Waals surface area contributed by atoms with Crippen molar-refractivity contribution in [1.29, 1.82) is 0 Å². The zero-order valence-electron chi connectivity index (χ0n) is 13.9. The van der Waals surface area contributed by atoms with Crippen LogP contribution >= 0.6 is 11.3 Å². The molecule has 5 nitrogen and oxygen atoms in total. The molecular weight excluding hydrogens is 334 g/mol. The summed E-state index contributed by atoms with van der Waals surface area (Å²) in [5, 5.41) is 7.03. The number of thiophene rings is 1. The Morgan fingerprint density at radius 2 is 1.96 bits per heavy atom. The number of nitrogens with one attached hydrogen (secondary N) is 2. The highest BCUT2D eigenvalue weighted by Gasteiger charge is 2.16. The van der Waals surface area contributed by atoms with Crippen molar-refractivity contribution < 1.29 is 9.59 Å². The Kier molecular flexibility index (Phi) is 5.98. The third-order valence-corrected chi connectivity index (χ3v) is 4.94. The highest BCUT2D eigenvalue weighted by Crippen LogP contribution is 2.21. The molecule has 0 fully saturated rings. The maximum Gasteiger partial charge on any atom is 0.321 e. The van der Waals surface area contributed by atoms with Crippen LogP contribution in [0.3, 0.4) is 0 Å². The van der Waals surface area contributed by atoms with E-state index in [-0.39, 0.29) is 12.5 Å². The van der Waals surface area contributed by atoms with Crippen molar-refractivity contribution in [1.82, 2.24) is 15.5 Å². The number of imide groups is 1. The van der Waals surface area contributed by atoms with Gasteiger partial charge in [-0.1, -0.05) is 42.5 Å². The molecule has 3 rings (SSSR count). The van der Waals surface area contributed by atoms with Gasteiger partial charge in [-0.15, -0.1) is 11.3 Å². The molecule has 1 aliphatic rings. The minimum atomic E-state index is -0.448. The van der Waals surface area contributed by atoms with Crippen molar-refractivity contribution in [3.05, 3.63) is 64.4 Å². The van der Waals surface area contributed by atoms with Crippen LogP contribution in [0.1, 0.15) is 16.9 Å². The molecule has 0 atom stereocenters. The number of hydrogen-bond donors (Lipinski definition) is 2. The summed E-state index contributed by atoms with van der Waals surface area (Å²) in [5.74, 6) is -0.278. The van der Waals surface area contributed by atoms with Crippen LogP contribution in [-0.2, 0) is 11.3 Å². The molecule has 0 radical (unpaired) electrons. The fraction of sp³-hybridized carbons (Fsp3) is 0.263. The van der Waals surface area contributed by atoms with Gasteiger partial charge in [0.2, 0.25) is 5.91 Å². The molecule has 0 saturated carbocycles. The summed E-state index contributed by atoms with van der Waals surface area (Å²) in [6, 6.07) is 13.7. The predicted molar refractivity (Wildman–Crippen MR) is 100 cm³/mol. The first-order valence-corrected chi connectivity index (χ1v) is 9.15. The smallest absolute Gasteiger partial charge is 0.321 e. The van der Waals surface area contributed by atoms with Crippen LogP contribution in [0.2, 0.25) is 0 Å². The van der Waals surface area contributed by atoms with Gasteiger partial charge in [0.1, 0.15) is 0 Å². The minimum absolute atomic E-state index is 0.227. The molecule has 1 aromatic carbocycles. The molecule has 3 amide bonds. The van der Waals surface area contributed by atoms with Gasteiger partial charge in [0.05, 0.1) is 13.1 Å². The molecule has 130 valence electrons. The van der Waals surface area contributed by atoms with E-state index in [9.17, 15) is 9.59 Å². The van der Waals surface area contributed by atoms with Crippen LogP contribution < -0.4 is 10.6 Å². The minimum Gasteiger partial charge on any atom is -0.333 e. The second-order valence-electron chi connectivity index (χ2n) is 5.89. The fourth-order valence-corrected chi connectivity index (χ4v) is 3.41. The van der Waals surface area contributed by atoms with Crippen molar-refractivity contribution in [3.8, 4) is 0 Å². The molecule has 2 N–H and O–H groups in total. The molecule has 25 heavy (non-hydrogen) atoms. The van der Waals surface area contributed by atoms with E-state index in [1.54, 1.807) is 11.3 Å². The maximum atomic E-state index is 12.0. The lowest BCUT2D eigenvalue weighted by Crippen LogP contribution is -2.45. The molecule has 1 aliphatic heterocycles. The van der Waals surface area contributed by atoms with E-state index in [0.717, 1.165) is 17.8 Å². The number of hydrogen-bond acceptors (Lipinski definition) is 4. The quantitative estimate of drug-likeness (QED) is 0.867. The highest BCUT2D eigenvalue weighted by atomic mass is 32.1. The summed E-state index contributed by atoms with van der Waals surface area (Å²) in [6.07, 6.45) is 3.06. The number of carbonyl (C=O) groups excluding carboxylic acids is 2. The summed E-state index contributed by atoms with van der Waals surface area (Å²) in [4.78, 5) is 26.9. The second-order valence-corrected chi connectivity index (χ2v) is 6.92. The summed E-state index contributed by atoms with van der Waals surface area (Å²) in [5.41, 5.74) is 2.55. The van der Waals surface area contributed by atoms with Crippen LogP contribution in [0, 0.1) is 0 Å². The lowest BCUT2D eigenvalue weighted by molar-refractivity contribution is -0.121. The highest BCUT2D eigenvalue weighted by molar-refractivity contribution is 7.09. The number of nitrogens with zero attached hydrogens (tertiary/aromatic N) is 1. The molecule has 0 unspecified atom stereocenters. The molecule has 0 aliphatic carbocycles. The molecule has 2 aromatic rings. The van der Waals surface area contributed by atoms with Crippen LogP contribution in [0.25, 0.3) is 5.57 Å². The number of rotatable bonds is 5. The number of carbonyl (C=O) groups is 2. The van der Waals surface area contributed by atoms with E-state index in [1.807, 2.05) is 40.6 Å². The molecule has 0 bridgehead atoms. The van der Waals surface area contributed by atoms with E-state index >= 15 is 0 Å². The van der Waals surface area contributed by atoms with Gasteiger partial charge in [0.25, 0.3) is 0 Å². The molecule has 6 heteroatoms. The Labute approximate surface area is 151 Å². The largest absolute Gasteiger partial charge is 0.333 e. The summed E-state index contributed by atoms with van der Waals surface area (Å²) >= 11 is 1.57. The number of amides is 3. The van der Waals surface area contributed by atoms with E-state index in [2.05, 4.69) is 28.8 Å². The van der Waals surface area contributed by atoms with Gasteiger partial charge in [-0.25, -0.2) is 4.79 Å². The van der Waals surface area contributed by atoms with Gasteiger partial charge in [-0.05, 0) is 29.0 Å². The fourth-order valence-electron chi connectivity index (χ4n) is 2.76. The Hall–Kier alpha value is -2.44. The summed E-state index contributed by atoms with van der Waals surface area (Å²) in [7, 11) is 0. The number of urea groups is 1. The van der Waals surface area contributed by atoms with E-state index in [1.165, 1.54) is 11.1 Å². The Morgan fingerprint density at radius 1 is 1.12 bits per heavy atom. The van der Waals surface area contributed by atoms with Crippen molar-refractivity contribution >= 4 is 28.8 Å². The van der Waals surface area contributed by atoms with Gasteiger partial charge in [-0.3, -0.25) is 15.0 Å². The molecule has 0 saturated heterocycles. The molecular formula is C19H21N3O2S. The monoisotopic (exact) mass is 355 g/mol. The number of benzene rings is 1. The van der Waals surface area contributed by atoms with Crippen molar-refractivity contribution in [2.24, 2.45) is 0 Å². The SMILES string of the molecule is O=C(CN1CC=C(c2ccccc2)CC1)NC(=O)NCc1cccs1. The van der Waals surface area contributed by atoms with E-state index < -0.39 is 6.03 Å². The van der Waals surface area contributed by atoms with Gasteiger partial charge >= 0.3 is 6.03 Å². The molecule has 1 aromatic heterocycles. The normalized spacial score (nSPS) is 14.6. The van der Waals surface area contributed by atoms with Crippen molar-refractivity contribution in [3.63, 3.8) is 0 Å². The summed E-state index contributed by atoms with van der Waals surface area (Å²) in [6.45, 7) is 2.19. The first kappa shape index (κ1) is 17.4. The molecule has 0 spiro atoms. The van der Waals surface area contributed by atoms with Crippen LogP contribution in [0.15, 0.2) is 53.9 Å². The maximum absolute atomic E-state index is 12.0. The third-order valence-electron chi connectivity index (χ3n) is 4.06. The standard InChI is InChI=1S/C19H21N3O2S/c23-18(21-19(24)20-13-17-7-4-12-25-17)14-22-10-8-16(9-11-22)15-5-2-1-3-6-15/h1-8,12H,9-11,13-14H2,(H2,20,21,23,24). The van der Waals surface area contributed by atoms with Gasteiger partial charge in [0, 0.05) is 18.0 Å². The second kappa shape index (κ2) is 8.60. The first-order chi connectivity index (χ1) is 12.2. The topological polar surface area (TPSA) is 61.4 Å². The average molecular weight is 355 g/mol. The lowest BCUT2D eigenvalue weighted by Gasteiger charge is -2.25. The Balaban J connectivity index is 1.41.